The van der Waals surface area contributed by atoms with Gasteiger partial charge in [0.25, 0.3) is 0 Å². The van der Waals surface area contributed by atoms with Crippen LogP contribution in [0.3, 0.4) is 0 Å². The first-order chi connectivity index (χ1) is 12.2. The predicted octanol–water partition coefficient (Wildman–Crippen LogP) is 2.54. The van der Waals surface area contributed by atoms with Crippen LogP contribution in [0.15, 0.2) is 24.3 Å². The van der Waals surface area contributed by atoms with Crippen molar-refractivity contribution in [2.75, 3.05) is 39.9 Å². The number of carbonyl (C=O) groups is 1. The standard InChI is InChI=1S/C20H30N2O3/c1-16-14-18(8-13-25-16)20(23)22-10-3-9-21(11-12-22)15-17-4-6-19(24-2)7-5-17/h4-7,16,18H,3,8-15H2,1-2H3/t16-,18-/m0/s1. The quantitative estimate of drug-likeness (QED) is 0.840. The third-order valence-corrected chi connectivity index (χ3v) is 5.30. The fraction of sp³-hybridized carbons (Fsp3) is 0.650. The van der Waals surface area contributed by atoms with E-state index in [0.29, 0.717) is 5.91 Å². The number of hydrogen-bond acceptors (Lipinski definition) is 4. The third kappa shape index (κ3) is 4.95. The smallest absolute Gasteiger partial charge is 0.225 e. The highest BCUT2D eigenvalue weighted by atomic mass is 16.5. The Labute approximate surface area is 150 Å². The van der Waals surface area contributed by atoms with E-state index in [1.165, 1.54) is 5.56 Å². The predicted molar refractivity (Wildman–Crippen MR) is 97.6 cm³/mol. The first-order valence-electron chi connectivity index (χ1n) is 9.41. The molecule has 0 radical (unpaired) electrons. The molecule has 0 N–H and O–H groups in total. The van der Waals surface area contributed by atoms with Gasteiger partial charge < -0.3 is 14.4 Å². The van der Waals surface area contributed by atoms with Crippen molar-refractivity contribution in [2.24, 2.45) is 5.92 Å². The van der Waals surface area contributed by atoms with Crippen molar-refractivity contribution in [3.63, 3.8) is 0 Å². The van der Waals surface area contributed by atoms with Crippen LogP contribution in [0.5, 0.6) is 5.75 Å². The van der Waals surface area contributed by atoms with Gasteiger partial charge in [0.1, 0.15) is 5.75 Å². The lowest BCUT2D eigenvalue weighted by Crippen LogP contribution is -2.41. The van der Waals surface area contributed by atoms with Crippen LogP contribution in [0.1, 0.15) is 31.7 Å². The summed E-state index contributed by atoms with van der Waals surface area (Å²) in [4.78, 5) is 17.4. The molecule has 0 aromatic heterocycles. The van der Waals surface area contributed by atoms with E-state index < -0.39 is 0 Å². The lowest BCUT2D eigenvalue weighted by molar-refractivity contribution is -0.140. The van der Waals surface area contributed by atoms with Crippen molar-refractivity contribution in [3.05, 3.63) is 29.8 Å². The molecule has 2 aliphatic rings. The Morgan fingerprint density at radius 2 is 2.00 bits per heavy atom. The lowest BCUT2D eigenvalue weighted by atomic mass is 9.94. The molecule has 0 bridgehead atoms. The molecule has 1 amide bonds. The van der Waals surface area contributed by atoms with Gasteiger partial charge in [-0.05, 0) is 43.9 Å². The van der Waals surface area contributed by atoms with Crippen molar-refractivity contribution in [3.8, 4) is 5.75 Å². The summed E-state index contributed by atoms with van der Waals surface area (Å²) in [7, 11) is 1.69. The average molecular weight is 346 g/mol. The first-order valence-corrected chi connectivity index (χ1v) is 9.41. The number of methoxy groups -OCH3 is 1. The van der Waals surface area contributed by atoms with E-state index in [1.807, 2.05) is 12.1 Å². The Balaban J connectivity index is 1.52. The number of nitrogens with zero attached hydrogens (tertiary/aromatic N) is 2. The normalized spacial score (nSPS) is 25.4. The Bertz CT molecular complexity index is 561. The molecule has 3 rings (SSSR count). The summed E-state index contributed by atoms with van der Waals surface area (Å²) in [6, 6.07) is 8.26. The van der Waals surface area contributed by atoms with Crippen LogP contribution in [-0.2, 0) is 16.1 Å². The molecule has 5 heteroatoms. The zero-order valence-electron chi connectivity index (χ0n) is 15.4. The van der Waals surface area contributed by atoms with E-state index in [-0.39, 0.29) is 12.0 Å². The van der Waals surface area contributed by atoms with Gasteiger partial charge in [0, 0.05) is 45.2 Å². The van der Waals surface area contributed by atoms with Gasteiger partial charge >= 0.3 is 0 Å². The van der Waals surface area contributed by atoms with E-state index in [0.717, 1.165) is 64.3 Å². The van der Waals surface area contributed by atoms with E-state index in [9.17, 15) is 4.79 Å². The molecule has 25 heavy (non-hydrogen) atoms. The van der Waals surface area contributed by atoms with Gasteiger partial charge in [0.2, 0.25) is 5.91 Å². The summed E-state index contributed by atoms with van der Waals surface area (Å²) in [6.07, 6.45) is 2.99. The number of carbonyl (C=O) groups excluding carboxylic acids is 1. The summed E-state index contributed by atoms with van der Waals surface area (Å²) >= 11 is 0. The molecule has 2 heterocycles. The summed E-state index contributed by atoms with van der Waals surface area (Å²) in [5.41, 5.74) is 1.29. The Kier molecular flexibility index (Phi) is 6.32. The third-order valence-electron chi connectivity index (χ3n) is 5.30. The SMILES string of the molecule is COc1ccc(CN2CCCN(C(=O)[C@H]3CCO[C@@H](C)C3)CC2)cc1. The van der Waals surface area contributed by atoms with Gasteiger partial charge in [-0.1, -0.05) is 12.1 Å². The van der Waals surface area contributed by atoms with Crippen LogP contribution >= 0.6 is 0 Å². The van der Waals surface area contributed by atoms with Crippen molar-refractivity contribution >= 4 is 5.91 Å². The maximum atomic E-state index is 12.8. The minimum Gasteiger partial charge on any atom is -0.497 e. The van der Waals surface area contributed by atoms with Crippen LogP contribution < -0.4 is 4.74 Å². The Morgan fingerprint density at radius 3 is 2.72 bits per heavy atom. The summed E-state index contributed by atoms with van der Waals surface area (Å²) in [5.74, 6) is 1.38. The molecule has 1 aromatic carbocycles. The van der Waals surface area contributed by atoms with E-state index >= 15 is 0 Å². The molecule has 0 aliphatic carbocycles. The minimum absolute atomic E-state index is 0.150. The Hall–Kier alpha value is -1.59. The van der Waals surface area contributed by atoms with E-state index in [4.69, 9.17) is 9.47 Å². The van der Waals surface area contributed by atoms with Gasteiger partial charge in [0.05, 0.1) is 13.2 Å². The zero-order chi connectivity index (χ0) is 17.6. The van der Waals surface area contributed by atoms with Gasteiger partial charge in [-0.15, -0.1) is 0 Å². The largest absolute Gasteiger partial charge is 0.497 e. The second-order valence-electron chi connectivity index (χ2n) is 7.21. The maximum Gasteiger partial charge on any atom is 0.225 e. The lowest BCUT2D eigenvalue weighted by Gasteiger charge is -2.31. The average Bonchev–Trinajstić information content (AvgIpc) is 2.87. The minimum atomic E-state index is 0.150. The van der Waals surface area contributed by atoms with Gasteiger partial charge in [-0.2, -0.15) is 0 Å². The molecule has 1 aromatic rings. The summed E-state index contributed by atoms with van der Waals surface area (Å²) < 4.78 is 10.8. The number of rotatable bonds is 4. The van der Waals surface area contributed by atoms with Crippen molar-refractivity contribution < 1.29 is 14.3 Å². The van der Waals surface area contributed by atoms with Crippen LogP contribution in [0.2, 0.25) is 0 Å². The first kappa shape index (κ1) is 18.2. The van der Waals surface area contributed by atoms with Crippen LogP contribution in [0, 0.1) is 5.92 Å². The molecule has 2 aliphatic heterocycles. The second kappa shape index (κ2) is 8.68. The molecule has 2 atom stereocenters. The van der Waals surface area contributed by atoms with Crippen molar-refractivity contribution in [1.29, 1.82) is 0 Å². The number of benzene rings is 1. The summed E-state index contributed by atoms with van der Waals surface area (Å²) in [5, 5.41) is 0. The maximum absolute atomic E-state index is 12.8. The molecule has 0 saturated carbocycles. The van der Waals surface area contributed by atoms with Crippen LogP contribution in [-0.4, -0.2) is 61.7 Å². The fourth-order valence-electron chi connectivity index (χ4n) is 3.82. The van der Waals surface area contributed by atoms with Crippen LogP contribution in [0.25, 0.3) is 0 Å². The molecule has 0 unspecified atom stereocenters. The summed E-state index contributed by atoms with van der Waals surface area (Å²) in [6.45, 7) is 7.41. The Morgan fingerprint density at radius 1 is 1.20 bits per heavy atom. The molecular formula is C20H30N2O3. The van der Waals surface area contributed by atoms with Crippen molar-refractivity contribution in [2.45, 2.75) is 38.8 Å². The van der Waals surface area contributed by atoms with Crippen molar-refractivity contribution in [1.82, 2.24) is 9.80 Å². The fourth-order valence-corrected chi connectivity index (χ4v) is 3.82. The van der Waals surface area contributed by atoms with Gasteiger partial charge in [-0.3, -0.25) is 9.69 Å². The van der Waals surface area contributed by atoms with Gasteiger partial charge in [0.15, 0.2) is 0 Å². The molecule has 5 nitrogen and oxygen atoms in total. The highest BCUT2D eigenvalue weighted by Gasteiger charge is 2.30. The zero-order valence-corrected chi connectivity index (χ0v) is 15.4. The second-order valence-corrected chi connectivity index (χ2v) is 7.21. The number of amides is 1. The molecule has 0 spiro atoms. The molecule has 138 valence electrons. The number of ether oxygens (including phenoxy) is 2. The molecular weight excluding hydrogens is 316 g/mol. The topological polar surface area (TPSA) is 42.0 Å². The molecule has 2 saturated heterocycles. The van der Waals surface area contributed by atoms with Gasteiger partial charge in [-0.25, -0.2) is 0 Å². The molecule has 2 fully saturated rings. The van der Waals surface area contributed by atoms with Crippen LogP contribution in [0.4, 0.5) is 0 Å². The van der Waals surface area contributed by atoms with E-state index in [2.05, 4.69) is 28.9 Å². The van der Waals surface area contributed by atoms with E-state index in [1.54, 1.807) is 7.11 Å². The monoisotopic (exact) mass is 346 g/mol. The highest BCUT2D eigenvalue weighted by Crippen LogP contribution is 2.23. The number of hydrogen-bond donors (Lipinski definition) is 0. The highest BCUT2D eigenvalue weighted by molar-refractivity contribution is 5.79.